The first-order chi connectivity index (χ1) is 14.6. The highest BCUT2D eigenvalue weighted by Crippen LogP contribution is 2.37. The van der Waals surface area contributed by atoms with Crippen molar-refractivity contribution in [1.82, 2.24) is 5.32 Å². The SMILES string of the molecule is CCOC(=O)COc1ccc(CCN[C@@H](C)[C@H](O)c2ccc(O)cc2)cc1C(F)(F)F. The number of halogens is 3. The second kappa shape index (κ2) is 11.0. The first-order valence-corrected chi connectivity index (χ1v) is 9.80. The van der Waals surface area contributed by atoms with Crippen LogP contribution < -0.4 is 10.1 Å². The van der Waals surface area contributed by atoms with Crippen LogP contribution in [0.2, 0.25) is 0 Å². The second-order valence-electron chi connectivity index (χ2n) is 6.95. The van der Waals surface area contributed by atoms with Crippen molar-refractivity contribution in [2.24, 2.45) is 0 Å². The maximum atomic E-state index is 13.4. The fourth-order valence-corrected chi connectivity index (χ4v) is 2.94. The molecule has 0 unspecified atom stereocenters. The van der Waals surface area contributed by atoms with E-state index in [2.05, 4.69) is 10.1 Å². The van der Waals surface area contributed by atoms with Gasteiger partial charge >= 0.3 is 12.1 Å². The van der Waals surface area contributed by atoms with E-state index in [4.69, 9.17) is 4.74 Å². The lowest BCUT2D eigenvalue weighted by molar-refractivity contribution is -0.147. The lowest BCUT2D eigenvalue weighted by Gasteiger charge is -2.21. The molecular formula is C22H26F3NO5. The number of hydrogen-bond donors (Lipinski definition) is 3. The Bertz CT molecular complexity index is 855. The molecule has 31 heavy (non-hydrogen) atoms. The summed E-state index contributed by atoms with van der Waals surface area (Å²) in [5.74, 6) is -1.09. The minimum atomic E-state index is -4.64. The van der Waals surface area contributed by atoms with Gasteiger partial charge in [-0.1, -0.05) is 18.2 Å². The van der Waals surface area contributed by atoms with E-state index in [-0.39, 0.29) is 24.8 Å². The quantitative estimate of drug-likeness (QED) is 0.489. The Morgan fingerprint density at radius 2 is 1.84 bits per heavy atom. The Morgan fingerprint density at radius 3 is 2.45 bits per heavy atom. The number of phenols is 1. The van der Waals surface area contributed by atoms with E-state index in [0.717, 1.165) is 6.07 Å². The number of carbonyl (C=O) groups excluding carboxylic acids is 1. The molecule has 0 spiro atoms. The van der Waals surface area contributed by atoms with Gasteiger partial charge in [0.25, 0.3) is 0 Å². The van der Waals surface area contributed by atoms with Gasteiger partial charge in [-0.15, -0.1) is 0 Å². The van der Waals surface area contributed by atoms with Gasteiger partial charge in [0.05, 0.1) is 18.3 Å². The van der Waals surface area contributed by atoms with Crippen molar-refractivity contribution >= 4 is 5.97 Å². The Balaban J connectivity index is 1.98. The van der Waals surface area contributed by atoms with Gasteiger partial charge in [0.2, 0.25) is 0 Å². The standard InChI is InChI=1S/C22H26F3NO5/c1-3-30-20(28)13-31-19-9-4-15(12-18(19)22(23,24)25)10-11-26-14(2)21(29)16-5-7-17(27)8-6-16/h4-9,12,14,21,26-27,29H,3,10-11,13H2,1-2H3/t14-,21-/m0/s1. The zero-order valence-electron chi connectivity index (χ0n) is 17.3. The molecule has 0 saturated carbocycles. The summed E-state index contributed by atoms with van der Waals surface area (Å²) in [5.41, 5.74) is 0.0707. The van der Waals surface area contributed by atoms with Gasteiger partial charge in [0.15, 0.2) is 6.61 Å². The average Bonchev–Trinajstić information content (AvgIpc) is 2.72. The molecule has 0 saturated heterocycles. The van der Waals surface area contributed by atoms with E-state index in [1.807, 2.05) is 0 Å². The number of phenolic OH excluding ortho intramolecular Hbond substituents is 1. The van der Waals surface area contributed by atoms with Crippen LogP contribution in [-0.4, -0.2) is 42.0 Å². The van der Waals surface area contributed by atoms with Crippen LogP contribution in [0.1, 0.15) is 36.6 Å². The fourth-order valence-electron chi connectivity index (χ4n) is 2.94. The summed E-state index contributed by atoms with van der Waals surface area (Å²) in [6, 6.07) is 9.45. The van der Waals surface area contributed by atoms with Crippen molar-refractivity contribution < 1.29 is 37.7 Å². The van der Waals surface area contributed by atoms with Crippen LogP contribution in [0.3, 0.4) is 0 Å². The molecular weight excluding hydrogens is 415 g/mol. The first kappa shape index (κ1) is 24.5. The van der Waals surface area contributed by atoms with E-state index in [0.29, 0.717) is 17.7 Å². The van der Waals surface area contributed by atoms with Crippen LogP contribution in [0.4, 0.5) is 13.2 Å². The predicted octanol–water partition coefficient (Wildman–Crippen LogP) is 3.61. The van der Waals surface area contributed by atoms with Gasteiger partial charge in [0, 0.05) is 6.04 Å². The number of esters is 1. The van der Waals surface area contributed by atoms with Crippen LogP contribution >= 0.6 is 0 Å². The molecule has 9 heteroatoms. The molecule has 0 aliphatic heterocycles. The van der Waals surface area contributed by atoms with Gasteiger partial charge in [-0.05, 0) is 62.2 Å². The Labute approximate surface area is 178 Å². The number of hydrogen-bond acceptors (Lipinski definition) is 6. The summed E-state index contributed by atoms with van der Waals surface area (Å²) < 4.78 is 49.9. The molecule has 0 heterocycles. The maximum Gasteiger partial charge on any atom is 0.419 e. The van der Waals surface area contributed by atoms with Crippen LogP contribution in [0, 0.1) is 0 Å². The molecule has 0 aromatic heterocycles. The number of rotatable bonds is 10. The van der Waals surface area contributed by atoms with Crippen molar-refractivity contribution in [2.75, 3.05) is 19.8 Å². The maximum absolute atomic E-state index is 13.4. The van der Waals surface area contributed by atoms with Crippen molar-refractivity contribution in [2.45, 2.75) is 38.6 Å². The number of aliphatic hydroxyl groups is 1. The van der Waals surface area contributed by atoms with Crippen LogP contribution in [0.25, 0.3) is 0 Å². The fraction of sp³-hybridized carbons (Fsp3) is 0.409. The highest BCUT2D eigenvalue weighted by molar-refractivity contribution is 5.71. The molecule has 0 aliphatic rings. The van der Waals surface area contributed by atoms with Gasteiger partial charge in [-0.2, -0.15) is 13.2 Å². The number of ether oxygens (including phenoxy) is 2. The zero-order chi connectivity index (χ0) is 23.0. The normalized spacial score (nSPS) is 13.5. The third-order valence-electron chi connectivity index (χ3n) is 4.59. The van der Waals surface area contributed by atoms with E-state index >= 15 is 0 Å². The Morgan fingerprint density at radius 1 is 1.16 bits per heavy atom. The van der Waals surface area contributed by atoms with E-state index in [1.54, 1.807) is 26.0 Å². The molecule has 2 aromatic rings. The average molecular weight is 441 g/mol. The van der Waals surface area contributed by atoms with E-state index in [1.165, 1.54) is 24.3 Å². The molecule has 6 nitrogen and oxygen atoms in total. The number of alkyl halides is 3. The molecule has 2 aromatic carbocycles. The summed E-state index contributed by atoms with van der Waals surface area (Å²) in [6.45, 7) is 3.18. The minimum absolute atomic E-state index is 0.0895. The summed E-state index contributed by atoms with van der Waals surface area (Å²) in [7, 11) is 0. The van der Waals surface area contributed by atoms with Crippen molar-refractivity contribution in [3.05, 3.63) is 59.2 Å². The molecule has 0 radical (unpaired) electrons. The molecule has 0 amide bonds. The highest BCUT2D eigenvalue weighted by atomic mass is 19.4. The van der Waals surface area contributed by atoms with Crippen molar-refractivity contribution in [1.29, 1.82) is 0 Å². The monoisotopic (exact) mass is 441 g/mol. The van der Waals surface area contributed by atoms with Crippen molar-refractivity contribution in [3.63, 3.8) is 0 Å². The van der Waals surface area contributed by atoms with Crippen LogP contribution in [0.15, 0.2) is 42.5 Å². The van der Waals surface area contributed by atoms with E-state index in [9.17, 15) is 28.2 Å². The summed E-state index contributed by atoms with van der Waals surface area (Å²) in [5, 5.41) is 22.8. The number of aromatic hydroxyl groups is 1. The first-order valence-electron chi connectivity index (χ1n) is 9.80. The predicted molar refractivity (Wildman–Crippen MR) is 108 cm³/mol. The number of benzene rings is 2. The van der Waals surface area contributed by atoms with Gasteiger partial charge in [-0.25, -0.2) is 4.79 Å². The second-order valence-corrected chi connectivity index (χ2v) is 6.95. The lowest BCUT2D eigenvalue weighted by Crippen LogP contribution is -2.33. The molecule has 0 bridgehead atoms. The smallest absolute Gasteiger partial charge is 0.419 e. The summed E-state index contributed by atoms with van der Waals surface area (Å²) in [6.07, 6.45) is -5.20. The number of aliphatic hydroxyl groups excluding tert-OH is 1. The molecule has 0 fully saturated rings. The molecule has 2 rings (SSSR count). The molecule has 0 aliphatic carbocycles. The third kappa shape index (κ3) is 7.45. The van der Waals surface area contributed by atoms with Crippen molar-refractivity contribution in [3.8, 4) is 11.5 Å². The Kier molecular flexibility index (Phi) is 8.70. The lowest BCUT2D eigenvalue weighted by atomic mass is 10.0. The van der Waals surface area contributed by atoms with Crippen LogP contribution in [-0.2, 0) is 22.1 Å². The summed E-state index contributed by atoms with van der Waals surface area (Å²) >= 11 is 0. The third-order valence-corrected chi connectivity index (χ3v) is 4.59. The van der Waals surface area contributed by atoms with Crippen LogP contribution in [0.5, 0.6) is 11.5 Å². The summed E-state index contributed by atoms with van der Waals surface area (Å²) in [4.78, 5) is 11.4. The highest BCUT2D eigenvalue weighted by Gasteiger charge is 2.35. The van der Waals surface area contributed by atoms with E-state index < -0.39 is 36.2 Å². The largest absolute Gasteiger partial charge is 0.508 e. The zero-order valence-corrected chi connectivity index (χ0v) is 17.3. The number of nitrogens with one attached hydrogen (secondary N) is 1. The van der Waals surface area contributed by atoms with Gasteiger partial charge in [0.1, 0.15) is 11.5 Å². The molecule has 3 N–H and O–H groups in total. The molecule has 170 valence electrons. The topological polar surface area (TPSA) is 88.0 Å². The number of carbonyl (C=O) groups is 1. The Hall–Kier alpha value is -2.78. The molecule has 2 atom stereocenters. The minimum Gasteiger partial charge on any atom is -0.508 e. The van der Waals surface area contributed by atoms with Gasteiger partial charge in [-0.3, -0.25) is 0 Å². The van der Waals surface area contributed by atoms with Gasteiger partial charge < -0.3 is 25.0 Å².